The molecule has 0 fully saturated rings. The normalized spacial score (nSPS) is 15.5. The summed E-state index contributed by atoms with van der Waals surface area (Å²) in [5.74, 6) is 0.415. The van der Waals surface area contributed by atoms with Crippen LogP contribution in [-0.4, -0.2) is 34.9 Å². The number of ether oxygens (including phenoxy) is 1. The minimum atomic E-state index is -0.347. The van der Waals surface area contributed by atoms with Gasteiger partial charge in [-0.2, -0.15) is 5.10 Å². The average molecular weight is 363 g/mol. The molecule has 27 heavy (non-hydrogen) atoms. The molecule has 1 aromatic carbocycles. The van der Waals surface area contributed by atoms with Crippen molar-refractivity contribution in [1.82, 2.24) is 14.8 Å². The van der Waals surface area contributed by atoms with Crippen LogP contribution in [0.3, 0.4) is 0 Å². The zero-order valence-corrected chi connectivity index (χ0v) is 15.5. The van der Waals surface area contributed by atoms with E-state index in [-0.39, 0.29) is 12.0 Å². The molecule has 1 N–H and O–H groups in total. The molecule has 3 heterocycles. The number of rotatable bonds is 4. The number of benzene rings is 1. The van der Waals surface area contributed by atoms with Gasteiger partial charge in [0.2, 0.25) is 0 Å². The third-order valence-corrected chi connectivity index (χ3v) is 4.91. The lowest BCUT2D eigenvalue weighted by Crippen LogP contribution is -2.19. The first-order chi connectivity index (χ1) is 13.0. The van der Waals surface area contributed by atoms with Crippen molar-refractivity contribution in [1.29, 1.82) is 0 Å². The summed E-state index contributed by atoms with van der Waals surface area (Å²) in [4.78, 5) is 18.3. The fraction of sp³-hybridized carbons (Fsp3) is 0.250. The molecule has 0 amide bonds. The lowest BCUT2D eigenvalue weighted by atomic mass is 10.1. The summed E-state index contributed by atoms with van der Waals surface area (Å²) in [6.45, 7) is 0. The number of pyridine rings is 1. The van der Waals surface area contributed by atoms with Crippen LogP contribution in [0.15, 0.2) is 48.9 Å². The summed E-state index contributed by atoms with van der Waals surface area (Å²) in [6, 6.07) is 9.45. The number of carbonyl (C=O) groups excluding carboxylic acids is 1. The Hall–Kier alpha value is -3.35. The van der Waals surface area contributed by atoms with Crippen molar-refractivity contribution >= 4 is 23.2 Å². The number of carbonyl (C=O) groups is 1. The number of nitrogens with zero attached hydrogens (tertiary/aromatic N) is 4. The summed E-state index contributed by atoms with van der Waals surface area (Å²) in [7, 11) is 5.40. The Kier molecular flexibility index (Phi) is 4.27. The number of hydrogen-bond donors (Lipinski definition) is 1. The van der Waals surface area contributed by atoms with Crippen LogP contribution < -0.4 is 10.2 Å². The molecular formula is C20H21N5O2. The highest BCUT2D eigenvalue weighted by Gasteiger charge is 2.29. The van der Waals surface area contributed by atoms with Crippen molar-refractivity contribution in [3.63, 3.8) is 0 Å². The van der Waals surface area contributed by atoms with E-state index < -0.39 is 0 Å². The summed E-state index contributed by atoms with van der Waals surface area (Å²) in [6.07, 6.45) is 6.82. The molecule has 0 radical (unpaired) electrons. The van der Waals surface area contributed by atoms with Gasteiger partial charge in [-0.25, -0.2) is 9.78 Å². The maximum absolute atomic E-state index is 11.5. The monoisotopic (exact) mass is 363 g/mol. The average Bonchev–Trinajstić information content (AvgIpc) is 3.25. The van der Waals surface area contributed by atoms with Crippen LogP contribution in [0.1, 0.15) is 27.5 Å². The minimum absolute atomic E-state index is 0.269. The van der Waals surface area contributed by atoms with E-state index in [1.165, 1.54) is 18.2 Å². The Morgan fingerprint density at radius 1 is 1.22 bits per heavy atom. The SMILES string of the molecule is COC(=O)c1ccc(Nc2cc3c(cn2)CC(c2cnn(C)c2)N3C)cc1. The van der Waals surface area contributed by atoms with Gasteiger partial charge in [-0.15, -0.1) is 0 Å². The molecule has 0 saturated carbocycles. The minimum Gasteiger partial charge on any atom is -0.465 e. The second kappa shape index (κ2) is 6.75. The summed E-state index contributed by atoms with van der Waals surface area (Å²) in [5.41, 5.74) is 4.96. The number of likely N-dealkylation sites (N-methyl/N-ethyl adjacent to an activating group) is 1. The molecule has 1 atom stereocenters. The van der Waals surface area contributed by atoms with Crippen LogP contribution in [0.2, 0.25) is 0 Å². The summed E-state index contributed by atoms with van der Waals surface area (Å²) in [5, 5.41) is 7.58. The lowest BCUT2D eigenvalue weighted by molar-refractivity contribution is 0.0601. The second-order valence-corrected chi connectivity index (χ2v) is 6.67. The Morgan fingerprint density at radius 2 is 2.00 bits per heavy atom. The van der Waals surface area contributed by atoms with Gasteiger partial charge >= 0.3 is 5.97 Å². The second-order valence-electron chi connectivity index (χ2n) is 6.67. The largest absolute Gasteiger partial charge is 0.465 e. The van der Waals surface area contributed by atoms with E-state index in [0.29, 0.717) is 5.56 Å². The van der Waals surface area contributed by atoms with E-state index in [1.54, 1.807) is 12.1 Å². The highest BCUT2D eigenvalue weighted by atomic mass is 16.5. The highest BCUT2D eigenvalue weighted by molar-refractivity contribution is 5.89. The number of anilines is 3. The topological polar surface area (TPSA) is 72.3 Å². The Bertz CT molecular complexity index is 980. The van der Waals surface area contributed by atoms with Crippen LogP contribution in [0.4, 0.5) is 17.2 Å². The summed E-state index contributed by atoms with van der Waals surface area (Å²) < 4.78 is 6.55. The van der Waals surface area contributed by atoms with E-state index in [2.05, 4.69) is 39.6 Å². The van der Waals surface area contributed by atoms with Crippen LogP contribution in [-0.2, 0) is 18.2 Å². The number of hydrogen-bond acceptors (Lipinski definition) is 6. The van der Waals surface area contributed by atoms with Gasteiger partial charge in [0.25, 0.3) is 0 Å². The molecule has 3 aromatic rings. The molecule has 2 aromatic heterocycles. The predicted molar refractivity (Wildman–Crippen MR) is 103 cm³/mol. The van der Waals surface area contributed by atoms with Crippen LogP contribution in [0, 0.1) is 0 Å². The van der Waals surface area contributed by atoms with Crippen molar-refractivity contribution in [3.8, 4) is 0 Å². The molecule has 0 saturated heterocycles. The molecule has 7 heteroatoms. The maximum Gasteiger partial charge on any atom is 0.337 e. The highest BCUT2D eigenvalue weighted by Crippen LogP contribution is 2.39. The summed E-state index contributed by atoms with van der Waals surface area (Å²) >= 11 is 0. The first-order valence-corrected chi connectivity index (χ1v) is 8.71. The number of esters is 1. The van der Waals surface area contributed by atoms with E-state index in [1.807, 2.05) is 36.3 Å². The van der Waals surface area contributed by atoms with E-state index in [4.69, 9.17) is 4.74 Å². The Balaban J connectivity index is 1.53. The van der Waals surface area contributed by atoms with E-state index in [0.717, 1.165) is 23.6 Å². The van der Waals surface area contributed by atoms with Gasteiger partial charge in [0.15, 0.2) is 0 Å². The molecule has 138 valence electrons. The fourth-order valence-electron chi connectivity index (χ4n) is 3.45. The van der Waals surface area contributed by atoms with E-state index >= 15 is 0 Å². The molecule has 0 aliphatic carbocycles. The Morgan fingerprint density at radius 3 is 2.67 bits per heavy atom. The number of fused-ring (bicyclic) bond motifs is 1. The molecular weight excluding hydrogens is 342 g/mol. The van der Waals surface area contributed by atoms with Crippen LogP contribution >= 0.6 is 0 Å². The fourth-order valence-corrected chi connectivity index (χ4v) is 3.45. The smallest absolute Gasteiger partial charge is 0.337 e. The van der Waals surface area contributed by atoms with Gasteiger partial charge in [0.05, 0.1) is 24.9 Å². The molecule has 4 rings (SSSR count). The van der Waals surface area contributed by atoms with Crippen molar-refractivity contribution in [2.45, 2.75) is 12.5 Å². The number of aryl methyl sites for hydroxylation is 1. The molecule has 1 aliphatic heterocycles. The van der Waals surface area contributed by atoms with Crippen molar-refractivity contribution < 1.29 is 9.53 Å². The molecule has 0 spiro atoms. The number of nitrogens with one attached hydrogen (secondary N) is 1. The third-order valence-electron chi connectivity index (χ3n) is 4.91. The molecule has 0 bridgehead atoms. The zero-order chi connectivity index (χ0) is 19.0. The van der Waals surface area contributed by atoms with Gasteiger partial charge in [-0.3, -0.25) is 4.68 Å². The van der Waals surface area contributed by atoms with Gasteiger partial charge in [-0.05, 0) is 29.8 Å². The molecule has 7 nitrogen and oxygen atoms in total. The maximum atomic E-state index is 11.5. The van der Waals surface area contributed by atoms with Crippen LogP contribution in [0.5, 0.6) is 0 Å². The van der Waals surface area contributed by atoms with Gasteiger partial charge < -0.3 is 15.0 Å². The van der Waals surface area contributed by atoms with Gasteiger partial charge in [0.1, 0.15) is 5.82 Å². The first-order valence-electron chi connectivity index (χ1n) is 8.71. The molecule has 1 aliphatic rings. The lowest BCUT2D eigenvalue weighted by Gasteiger charge is -2.21. The number of methoxy groups -OCH3 is 1. The Labute approximate surface area is 157 Å². The van der Waals surface area contributed by atoms with Gasteiger partial charge in [0, 0.05) is 55.9 Å². The molecule has 1 unspecified atom stereocenters. The number of aromatic nitrogens is 3. The van der Waals surface area contributed by atoms with Crippen molar-refractivity contribution in [2.75, 3.05) is 24.4 Å². The first kappa shape index (κ1) is 17.1. The van der Waals surface area contributed by atoms with Crippen molar-refractivity contribution in [3.05, 3.63) is 65.6 Å². The van der Waals surface area contributed by atoms with Crippen molar-refractivity contribution in [2.24, 2.45) is 7.05 Å². The van der Waals surface area contributed by atoms with Crippen LogP contribution in [0.25, 0.3) is 0 Å². The zero-order valence-electron chi connectivity index (χ0n) is 15.5. The standard InChI is InChI=1S/C20H21N5O2/c1-24-12-15(11-22-24)17-8-14-10-21-19(9-18(14)25(17)2)23-16-6-4-13(5-7-16)20(26)27-3/h4-7,9-12,17H,8H2,1-3H3,(H,21,23). The quantitative estimate of drug-likeness (QED) is 0.718. The van der Waals surface area contributed by atoms with Gasteiger partial charge in [-0.1, -0.05) is 0 Å². The third kappa shape index (κ3) is 3.23. The van der Waals surface area contributed by atoms with E-state index in [9.17, 15) is 4.79 Å². The predicted octanol–water partition coefficient (Wildman–Crippen LogP) is 3.08.